The first-order chi connectivity index (χ1) is 7.95. The number of piperidine rings is 1. The SMILES string of the molecule is CCC(C#N)S(=O)(=O)N1CCCCC1C(C)=O. The van der Waals surface area contributed by atoms with Gasteiger partial charge in [0.1, 0.15) is 5.78 Å². The van der Waals surface area contributed by atoms with Gasteiger partial charge in [-0.25, -0.2) is 8.42 Å². The van der Waals surface area contributed by atoms with Crippen LogP contribution in [0, 0.1) is 11.3 Å². The van der Waals surface area contributed by atoms with Gasteiger partial charge in [0.05, 0.1) is 12.1 Å². The van der Waals surface area contributed by atoms with Crippen molar-refractivity contribution >= 4 is 15.8 Å². The fraction of sp³-hybridized carbons (Fsp3) is 0.818. The van der Waals surface area contributed by atoms with Gasteiger partial charge in [-0.1, -0.05) is 13.3 Å². The molecule has 0 aromatic rings. The maximum absolute atomic E-state index is 12.2. The molecule has 0 saturated carbocycles. The van der Waals surface area contributed by atoms with E-state index in [4.69, 9.17) is 5.26 Å². The molecule has 2 atom stereocenters. The molecule has 0 bridgehead atoms. The monoisotopic (exact) mass is 258 g/mol. The molecule has 1 saturated heterocycles. The van der Waals surface area contributed by atoms with E-state index >= 15 is 0 Å². The lowest BCUT2D eigenvalue weighted by molar-refractivity contribution is -0.121. The van der Waals surface area contributed by atoms with Crippen molar-refractivity contribution in [3.05, 3.63) is 0 Å². The fourth-order valence-corrected chi connectivity index (χ4v) is 4.02. The van der Waals surface area contributed by atoms with Crippen LogP contribution in [-0.4, -0.2) is 36.3 Å². The van der Waals surface area contributed by atoms with Crippen molar-refractivity contribution in [1.82, 2.24) is 4.31 Å². The second-order valence-corrected chi connectivity index (χ2v) is 6.37. The van der Waals surface area contributed by atoms with Gasteiger partial charge in [0.2, 0.25) is 10.0 Å². The molecular weight excluding hydrogens is 240 g/mol. The molecule has 0 aliphatic carbocycles. The Kier molecular flexibility index (Phi) is 4.66. The van der Waals surface area contributed by atoms with Gasteiger partial charge in [0.25, 0.3) is 0 Å². The van der Waals surface area contributed by atoms with E-state index in [-0.39, 0.29) is 12.2 Å². The zero-order chi connectivity index (χ0) is 13.1. The second kappa shape index (κ2) is 5.61. The summed E-state index contributed by atoms with van der Waals surface area (Å²) in [5, 5.41) is 7.84. The van der Waals surface area contributed by atoms with Crippen LogP contribution in [0.2, 0.25) is 0 Å². The largest absolute Gasteiger partial charge is 0.298 e. The molecule has 1 rings (SSSR count). The van der Waals surface area contributed by atoms with Crippen LogP contribution in [-0.2, 0) is 14.8 Å². The third-order valence-corrected chi connectivity index (χ3v) is 5.37. The molecule has 0 aromatic heterocycles. The molecule has 96 valence electrons. The first-order valence-electron chi connectivity index (χ1n) is 5.85. The summed E-state index contributed by atoms with van der Waals surface area (Å²) >= 11 is 0. The third kappa shape index (κ3) is 2.85. The average molecular weight is 258 g/mol. The summed E-state index contributed by atoms with van der Waals surface area (Å²) in [6.45, 7) is 3.43. The maximum atomic E-state index is 12.2. The van der Waals surface area contributed by atoms with Gasteiger partial charge >= 0.3 is 0 Å². The topological polar surface area (TPSA) is 78.2 Å². The summed E-state index contributed by atoms with van der Waals surface area (Å²) in [5.41, 5.74) is 0. The van der Waals surface area contributed by atoms with E-state index in [1.807, 2.05) is 6.07 Å². The molecule has 1 heterocycles. The quantitative estimate of drug-likeness (QED) is 0.755. The number of nitriles is 1. The maximum Gasteiger partial charge on any atom is 0.231 e. The molecule has 1 aliphatic rings. The molecule has 0 radical (unpaired) electrons. The number of carbonyl (C=O) groups excluding carboxylic acids is 1. The Morgan fingerprint density at radius 2 is 2.18 bits per heavy atom. The van der Waals surface area contributed by atoms with Crippen LogP contribution in [0.15, 0.2) is 0 Å². The molecule has 2 unspecified atom stereocenters. The van der Waals surface area contributed by atoms with Gasteiger partial charge in [0.15, 0.2) is 5.25 Å². The minimum absolute atomic E-state index is 0.138. The summed E-state index contributed by atoms with van der Waals surface area (Å²) in [6.07, 6.45) is 2.43. The molecule has 0 amide bonds. The van der Waals surface area contributed by atoms with Crippen molar-refractivity contribution < 1.29 is 13.2 Å². The number of sulfonamides is 1. The number of rotatable bonds is 4. The smallest absolute Gasteiger partial charge is 0.231 e. The normalized spacial score (nSPS) is 23.9. The molecule has 6 heteroatoms. The Labute approximate surface area is 102 Å². The van der Waals surface area contributed by atoms with E-state index in [0.29, 0.717) is 13.0 Å². The van der Waals surface area contributed by atoms with Gasteiger partial charge in [-0.2, -0.15) is 9.57 Å². The molecule has 1 aliphatic heterocycles. The van der Waals surface area contributed by atoms with E-state index in [1.165, 1.54) is 11.2 Å². The number of hydrogen-bond acceptors (Lipinski definition) is 4. The van der Waals surface area contributed by atoms with E-state index in [0.717, 1.165) is 12.8 Å². The van der Waals surface area contributed by atoms with Gasteiger partial charge in [-0.15, -0.1) is 0 Å². The lowest BCUT2D eigenvalue weighted by atomic mass is 10.0. The first kappa shape index (κ1) is 14.1. The van der Waals surface area contributed by atoms with Crippen LogP contribution in [0.1, 0.15) is 39.5 Å². The van der Waals surface area contributed by atoms with E-state index in [9.17, 15) is 13.2 Å². The molecule has 0 N–H and O–H groups in total. The Morgan fingerprint density at radius 1 is 1.53 bits per heavy atom. The van der Waals surface area contributed by atoms with Gasteiger partial charge in [-0.05, 0) is 26.2 Å². The van der Waals surface area contributed by atoms with Crippen molar-refractivity contribution in [2.75, 3.05) is 6.54 Å². The molecule has 0 aromatic carbocycles. The second-order valence-electron chi connectivity index (χ2n) is 4.30. The van der Waals surface area contributed by atoms with Gasteiger partial charge in [-0.3, -0.25) is 4.79 Å². The van der Waals surface area contributed by atoms with Crippen molar-refractivity contribution in [3.8, 4) is 6.07 Å². The Bertz CT molecular complexity index is 424. The molecule has 1 fully saturated rings. The number of nitrogens with zero attached hydrogens (tertiary/aromatic N) is 2. The van der Waals surface area contributed by atoms with E-state index in [2.05, 4.69) is 0 Å². The van der Waals surface area contributed by atoms with E-state index < -0.39 is 21.3 Å². The fourth-order valence-electron chi connectivity index (χ4n) is 2.15. The predicted octanol–water partition coefficient (Wildman–Crippen LogP) is 1.06. The minimum Gasteiger partial charge on any atom is -0.298 e. The highest BCUT2D eigenvalue weighted by Gasteiger charge is 2.38. The van der Waals surface area contributed by atoms with Crippen LogP contribution in [0.25, 0.3) is 0 Å². The van der Waals surface area contributed by atoms with Gasteiger partial charge < -0.3 is 0 Å². The molecular formula is C11H18N2O3S. The average Bonchev–Trinajstić information content (AvgIpc) is 2.30. The van der Waals surface area contributed by atoms with E-state index in [1.54, 1.807) is 6.92 Å². The minimum atomic E-state index is -3.67. The number of ketones is 1. The lowest BCUT2D eigenvalue weighted by Crippen LogP contribution is -2.50. The molecule has 5 nitrogen and oxygen atoms in total. The van der Waals surface area contributed by atoms with Crippen LogP contribution in [0.4, 0.5) is 0 Å². The van der Waals surface area contributed by atoms with Crippen LogP contribution < -0.4 is 0 Å². The summed E-state index contributed by atoms with van der Waals surface area (Å²) in [7, 11) is -3.67. The third-order valence-electron chi connectivity index (χ3n) is 3.12. The molecule has 0 spiro atoms. The molecule has 17 heavy (non-hydrogen) atoms. The van der Waals surface area contributed by atoms with Gasteiger partial charge in [0, 0.05) is 6.54 Å². The standard InChI is InChI=1S/C11H18N2O3S/c1-3-10(8-12)17(15,16)13-7-5-4-6-11(13)9(2)14/h10-11H,3-7H2,1-2H3. The van der Waals surface area contributed by atoms with Crippen molar-refractivity contribution in [3.63, 3.8) is 0 Å². The Morgan fingerprint density at radius 3 is 2.65 bits per heavy atom. The Hall–Kier alpha value is -0.930. The van der Waals surface area contributed by atoms with Crippen LogP contribution >= 0.6 is 0 Å². The van der Waals surface area contributed by atoms with Crippen LogP contribution in [0.3, 0.4) is 0 Å². The van der Waals surface area contributed by atoms with Crippen molar-refractivity contribution in [2.45, 2.75) is 50.8 Å². The highest BCUT2D eigenvalue weighted by atomic mass is 32.2. The highest BCUT2D eigenvalue weighted by Crippen LogP contribution is 2.24. The highest BCUT2D eigenvalue weighted by molar-refractivity contribution is 7.90. The number of hydrogen-bond donors (Lipinski definition) is 0. The van der Waals surface area contributed by atoms with Crippen molar-refractivity contribution in [2.24, 2.45) is 0 Å². The number of Topliss-reactive ketones (excluding diaryl/α,β-unsaturated/α-hetero) is 1. The first-order valence-corrected chi connectivity index (χ1v) is 7.36. The summed E-state index contributed by atoms with van der Waals surface area (Å²) in [5.74, 6) is -0.138. The zero-order valence-corrected chi connectivity index (χ0v) is 11.0. The predicted molar refractivity (Wildman–Crippen MR) is 63.6 cm³/mol. The Balaban J connectivity index is 3.03. The van der Waals surface area contributed by atoms with Crippen LogP contribution in [0.5, 0.6) is 0 Å². The lowest BCUT2D eigenvalue weighted by Gasteiger charge is -2.34. The number of carbonyl (C=O) groups is 1. The van der Waals surface area contributed by atoms with Crippen molar-refractivity contribution in [1.29, 1.82) is 5.26 Å². The summed E-state index contributed by atoms with van der Waals surface area (Å²) in [4.78, 5) is 11.5. The zero-order valence-electron chi connectivity index (χ0n) is 10.2. The summed E-state index contributed by atoms with van der Waals surface area (Å²) in [6, 6.07) is 1.23. The summed E-state index contributed by atoms with van der Waals surface area (Å²) < 4.78 is 25.7.